The van der Waals surface area contributed by atoms with Crippen LogP contribution < -0.4 is 14.2 Å². The van der Waals surface area contributed by atoms with E-state index in [0.717, 1.165) is 29.7 Å². The van der Waals surface area contributed by atoms with Gasteiger partial charge in [0.1, 0.15) is 11.7 Å². The molecular formula is C20H19NO6. The van der Waals surface area contributed by atoms with Gasteiger partial charge in [-0.1, -0.05) is 6.07 Å². The lowest BCUT2D eigenvalue weighted by molar-refractivity contribution is 0.00928. The Morgan fingerprint density at radius 3 is 2.89 bits per heavy atom. The lowest BCUT2D eigenvalue weighted by atomic mass is 9.86. The summed E-state index contributed by atoms with van der Waals surface area (Å²) in [5, 5.41) is 10.1. The van der Waals surface area contributed by atoms with Gasteiger partial charge in [0, 0.05) is 12.1 Å². The van der Waals surface area contributed by atoms with Crippen LogP contribution in [0, 0.1) is 0 Å². The predicted molar refractivity (Wildman–Crippen MR) is 94.5 cm³/mol. The van der Waals surface area contributed by atoms with Crippen LogP contribution in [0.5, 0.6) is 23.0 Å². The van der Waals surface area contributed by atoms with Crippen molar-refractivity contribution in [2.45, 2.75) is 18.6 Å². The van der Waals surface area contributed by atoms with Crippen molar-refractivity contribution < 1.29 is 28.8 Å². The van der Waals surface area contributed by atoms with Crippen LogP contribution in [-0.2, 0) is 11.2 Å². The van der Waals surface area contributed by atoms with Gasteiger partial charge in [-0.15, -0.1) is 0 Å². The summed E-state index contributed by atoms with van der Waals surface area (Å²) < 4.78 is 22.0. The number of hydrogen-bond acceptors (Lipinski definition) is 7. The highest BCUT2D eigenvalue weighted by molar-refractivity contribution is 5.98. The summed E-state index contributed by atoms with van der Waals surface area (Å²) in [7, 11) is 3.53. The van der Waals surface area contributed by atoms with Crippen LogP contribution in [0.2, 0.25) is 0 Å². The number of carbonyl (C=O) groups excluding carboxylic acids is 1. The molecule has 0 radical (unpaired) electrons. The summed E-state index contributed by atoms with van der Waals surface area (Å²) >= 11 is 0. The SMILES string of the molecule is COc1cc2c(cc1O)CCN(C)C2C1OC(=O)c2c1ccc1c2OCO1. The molecule has 3 aliphatic heterocycles. The number of esters is 1. The second-order valence-electron chi connectivity index (χ2n) is 6.99. The van der Waals surface area contributed by atoms with E-state index in [4.69, 9.17) is 18.9 Å². The molecule has 7 nitrogen and oxygen atoms in total. The quantitative estimate of drug-likeness (QED) is 0.815. The minimum absolute atomic E-state index is 0.104. The van der Waals surface area contributed by atoms with E-state index in [0.29, 0.717) is 22.8 Å². The Balaban J connectivity index is 1.64. The van der Waals surface area contributed by atoms with Gasteiger partial charge in [-0.05, 0) is 42.8 Å². The molecule has 0 saturated carbocycles. The van der Waals surface area contributed by atoms with Crippen LogP contribution in [-0.4, -0.2) is 43.5 Å². The Kier molecular flexibility index (Phi) is 3.48. The smallest absolute Gasteiger partial charge is 0.343 e. The molecule has 0 bridgehead atoms. The van der Waals surface area contributed by atoms with Gasteiger partial charge in [0.25, 0.3) is 0 Å². The molecule has 0 aliphatic carbocycles. The lowest BCUT2D eigenvalue weighted by Gasteiger charge is -2.37. The summed E-state index contributed by atoms with van der Waals surface area (Å²) in [6.45, 7) is 0.893. The van der Waals surface area contributed by atoms with Crippen molar-refractivity contribution in [2.75, 3.05) is 27.5 Å². The van der Waals surface area contributed by atoms with E-state index >= 15 is 0 Å². The second kappa shape index (κ2) is 5.79. The third-order valence-corrected chi connectivity index (χ3v) is 5.57. The number of phenolic OH excluding ortho intramolecular Hbond substituents is 1. The number of methoxy groups -OCH3 is 1. The third-order valence-electron chi connectivity index (χ3n) is 5.57. The molecule has 0 spiro atoms. The van der Waals surface area contributed by atoms with Crippen molar-refractivity contribution in [3.8, 4) is 23.0 Å². The molecule has 0 amide bonds. The fraction of sp³-hybridized carbons (Fsp3) is 0.350. The number of benzene rings is 2. The van der Waals surface area contributed by atoms with Crippen LogP contribution >= 0.6 is 0 Å². The van der Waals surface area contributed by atoms with Crippen LogP contribution in [0.1, 0.15) is 39.2 Å². The van der Waals surface area contributed by atoms with E-state index < -0.39 is 12.1 Å². The number of likely N-dealkylation sites (N-methyl/N-ethyl adjacent to an activating group) is 1. The van der Waals surface area contributed by atoms with E-state index in [9.17, 15) is 9.90 Å². The maximum Gasteiger partial charge on any atom is 0.343 e. The molecule has 2 atom stereocenters. The van der Waals surface area contributed by atoms with Crippen molar-refractivity contribution in [3.05, 3.63) is 46.5 Å². The van der Waals surface area contributed by atoms with Crippen molar-refractivity contribution >= 4 is 5.97 Å². The van der Waals surface area contributed by atoms with Crippen molar-refractivity contribution in [3.63, 3.8) is 0 Å². The Morgan fingerprint density at radius 2 is 2.07 bits per heavy atom. The molecular weight excluding hydrogens is 350 g/mol. The van der Waals surface area contributed by atoms with Gasteiger partial charge in [-0.3, -0.25) is 4.90 Å². The molecule has 5 rings (SSSR count). The molecule has 0 fully saturated rings. The Hall–Kier alpha value is -2.93. The zero-order valence-corrected chi connectivity index (χ0v) is 15.0. The number of nitrogens with zero attached hydrogens (tertiary/aromatic N) is 1. The summed E-state index contributed by atoms with van der Waals surface area (Å²) in [6, 6.07) is 7.08. The maximum atomic E-state index is 12.6. The van der Waals surface area contributed by atoms with E-state index in [1.54, 1.807) is 6.07 Å². The first kappa shape index (κ1) is 16.3. The average molecular weight is 369 g/mol. The number of hydrogen-bond donors (Lipinski definition) is 1. The number of carbonyl (C=O) groups is 1. The van der Waals surface area contributed by atoms with Crippen molar-refractivity contribution in [2.24, 2.45) is 0 Å². The Bertz CT molecular complexity index is 956. The van der Waals surface area contributed by atoms with Crippen LogP contribution in [0.4, 0.5) is 0 Å². The monoisotopic (exact) mass is 369 g/mol. The Morgan fingerprint density at radius 1 is 1.22 bits per heavy atom. The summed E-state index contributed by atoms with van der Waals surface area (Å²) in [5.41, 5.74) is 3.26. The molecule has 3 heterocycles. The minimum atomic E-state index is -0.472. The number of aromatic hydroxyl groups is 1. The second-order valence-corrected chi connectivity index (χ2v) is 6.99. The average Bonchev–Trinajstić information content (AvgIpc) is 3.25. The van der Waals surface area contributed by atoms with Crippen LogP contribution in [0.3, 0.4) is 0 Å². The largest absolute Gasteiger partial charge is 0.504 e. The normalized spacial score (nSPS) is 23.0. The molecule has 7 heteroatoms. The first-order valence-corrected chi connectivity index (χ1v) is 8.82. The first-order chi connectivity index (χ1) is 13.1. The van der Waals surface area contributed by atoms with E-state index in [1.165, 1.54) is 7.11 Å². The highest BCUT2D eigenvalue weighted by Crippen LogP contribution is 2.51. The number of cyclic esters (lactones) is 1. The highest BCUT2D eigenvalue weighted by Gasteiger charge is 2.44. The fourth-order valence-corrected chi connectivity index (χ4v) is 4.26. The lowest BCUT2D eigenvalue weighted by Crippen LogP contribution is -2.36. The molecule has 0 saturated heterocycles. The molecule has 27 heavy (non-hydrogen) atoms. The summed E-state index contributed by atoms with van der Waals surface area (Å²) in [5.74, 6) is 1.15. The van der Waals surface area contributed by atoms with Gasteiger partial charge >= 0.3 is 5.97 Å². The van der Waals surface area contributed by atoms with E-state index in [1.807, 2.05) is 25.2 Å². The van der Waals surface area contributed by atoms with Gasteiger partial charge in [0.2, 0.25) is 6.79 Å². The van der Waals surface area contributed by atoms with E-state index in [2.05, 4.69) is 4.90 Å². The van der Waals surface area contributed by atoms with Gasteiger partial charge in [0.05, 0.1) is 13.2 Å². The maximum absolute atomic E-state index is 12.6. The van der Waals surface area contributed by atoms with Crippen molar-refractivity contribution in [1.82, 2.24) is 4.90 Å². The van der Waals surface area contributed by atoms with Gasteiger partial charge in [0.15, 0.2) is 23.0 Å². The van der Waals surface area contributed by atoms with Crippen LogP contribution in [0.25, 0.3) is 0 Å². The highest BCUT2D eigenvalue weighted by atomic mass is 16.7. The summed E-state index contributed by atoms with van der Waals surface area (Å²) in [6.07, 6.45) is 0.328. The minimum Gasteiger partial charge on any atom is -0.504 e. The third kappa shape index (κ3) is 2.28. The summed E-state index contributed by atoms with van der Waals surface area (Å²) in [4.78, 5) is 14.8. The zero-order valence-electron chi connectivity index (χ0n) is 15.0. The predicted octanol–water partition coefficient (Wildman–Crippen LogP) is 2.57. The number of fused-ring (bicyclic) bond motifs is 4. The molecule has 2 aromatic carbocycles. The number of rotatable bonds is 2. The van der Waals surface area contributed by atoms with Crippen LogP contribution in [0.15, 0.2) is 24.3 Å². The topological polar surface area (TPSA) is 77.5 Å². The standard InChI is InChI=1S/C20H19NO6/c1-21-6-5-10-7-13(22)15(24-2)8-12(10)17(21)18-11-3-4-14-19(26-9-25-14)16(11)20(23)27-18/h3-4,7-8,17-18,22H,5-6,9H2,1-2H3. The molecule has 1 N–H and O–H groups in total. The van der Waals surface area contributed by atoms with Gasteiger partial charge in [-0.25, -0.2) is 4.79 Å². The molecule has 2 aromatic rings. The molecule has 2 unspecified atom stereocenters. The van der Waals surface area contributed by atoms with Gasteiger partial charge in [-0.2, -0.15) is 0 Å². The zero-order chi connectivity index (χ0) is 18.7. The Labute approximate surface area is 156 Å². The van der Waals surface area contributed by atoms with Gasteiger partial charge < -0.3 is 24.1 Å². The van der Waals surface area contributed by atoms with Crippen molar-refractivity contribution in [1.29, 1.82) is 0 Å². The first-order valence-electron chi connectivity index (χ1n) is 8.82. The molecule has 0 aromatic heterocycles. The fourth-order valence-electron chi connectivity index (χ4n) is 4.26. The molecule has 140 valence electrons. The van der Waals surface area contributed by atoms with E-state index in [-0.39, 0.29) is 18.6 Å². The molecule has 3 aliphatic rings. The number of phenols is 1. The number of ether oxygens (including phenoxy) is 4.